The standard InChI is InChI=1S/C29H24N10O2/c1-41-29-32-15-18(16-33-29)28(40)36-22-8-5-17-14-19(6-7-20(17)22)39-26(21-4-2-11-31-25(21)30)35-23-9-10-24(37-27(23)39)38-13-3-12-34-38/h2-4,6-7,9-16,22H,5,8H2,1H3,(H2,30,31)(H,36,40)/t22-/m0/s1. The highest BCUT2D eigenvalue weighted by Crippen LogP contribution is 2.36. The van der Waals surface area contributed by atoms with Crippen molar-refractivity contribution in [2.24, 2.45) is 0 Å². The summed E-state index contributed by atoms with van der Waals surface area (Å²) in [6.07, 6.45) is 9.70. The van der Waals surface area contributed by atoms with Crippen LogP contribution < -0.4 is 15.8 Å². The second-order valence-corrected chi connectivity index (χ2v) is 9.58. The summed E-state index contributed by atoms with van der Waals surface area (Å²) in [6.45, 7) is 0. The summed E-state index contributed by atoms with van der Waals surface area (Å²) in [4.78, 5) is 35.1. The van der Waals surface area contributed by atoms with Gasteiger partial charge in [0.2, 0.25) is 0 Å². The highest BCUT2D eigenvalue weighted by Gasteiger charge is 2.26. The Kier molecular flexibility index (Phi) is 5.85. The van der Waals surface area contributed by atoms with Crippen LogP contribution in [0.2, 0.25) is 0 Å². The SMILES string of the molecule is COc1ncc(C(=O)N[C@H]2CCc3cc(-n4c(-c5cccnc5N)nc5ccc(-n6cccn6)nc54)ccc32)cn1. The predicted octanol–water partition coefficient (Wildman–Crippen LogP) is 3.47. The number of aryl methyl sites for hydroxylation is 1. The zero-order valence-corrected chi connectivity index (χ0v) is 22.0. The molecule has 1 aliphatic carbocycles. The number of nitrogens with two attached hydrogens (primary N) is 1. The predicted molar refractivity (Wildman–Crippen MR) is 151 cm³/mol. The lowest BCUT2D eigenvalue weighted by Crippen LogP contribution is -2.27. The first-order valence-electron chi connectivity index (χ1n) is 13.0. The number of methoxy groups -OCH3 is 1. The Morgan fingerprint density at radius 1 is 1.05 bits per heavy atom. The fourth-order valence-electron chi connectivity index (χ4n) is 5.18. The lowest BCUT2D eigenvalue weighted by molar-refractivity contribution is 0.0936. The van der Waals surface area contributed by atoms with Gasteiger partial charge in [-0.05, 0) is 66.4 Å². The molecule has 41 heavy (non-hydrogen) atoms. The van der Waals surface area contributed by atoms with Gasteiger partial charge in [0.15, 0.2) is 17.3 Å². The number of nitrogens with zero attached hydrogens (tertiary/aromatic N) is 8. The normalized spacial score (nSPS) is 14.2. The third kappa shape index (κ3) is 4.31. The van der Waals surface area contributed by atoms with E-state index in [0.717, 1.165) is 29.7 Å². The molecule has 0 unspecified atom stereocenters. The van der Waals surface area contributed by atoms with E-state index in [1.165, 1.54) is 19.5 Å². The molecule has 0 bridgehead atoms. The molecule has 0 saturated heterocycles. The van der Waals surface area contributed by atoms with Crippen LogP contribution in [0.25, 0.3) is 34.1 Å². The summed E-state index contributed by atoms with van der Waals surface area (Å²) in [5.41, 5.74) is 11.8. The number of amides is 1. The highest BCUT2D eigenvalue weighted by atomic mass is 16.5. The Labute approximate surface area is 233 Å². The first kappa shape index (κ1) is 24.4. The quantitative estimate of drug-likeness (QED) is 0.321. The van der Waals surface area contributed by atoms with Gasteiger partial charge in [0.25, 0.3) is 5.91 Å². The molecule has 12 heteroatoms. The molecule has 12 nitrogen and oxygen atoms in total. The molecule has 5 aromatic heterocycles. The van der Waals surface area contributed by atoms with Crippen LogP contribution in [-0.4, -0.2) is 52.3 Å². The van der Waals surface area contributed by atoms with Crippen molar-refractivity contribution in [3.8, 4) is 28.9 Å². The average Bonchev–Trinajstić information content (AvgIpc) is 3.76. The number of imidazole rings is 1. The molecule has 1 atom stereocenters. The van der Waals surface area contributed by atoms with Gasteiger partial charge < -0.3 is 15.8 Å². The van der Waals surface area contributed by atoms with Gasteiger partial charge in [-0.3, -0.25) is 9.36 Å². The van der Waals surface area contributed by atoms with Crippen molar-refractivity contribution in [3.63, 3.8) is 0 Å². The number of carbonyl (C=O) groups is 1. The summed E-state index contributed by atoms with van der Waals surface area (Å²) < 4.78 is 8.69. The second-order valence-electron chi connectivity index (χ2n) is 9.58. The molecular formula is C29H24N10O2. The molecule has 5 heterocycles. The largest absolute Gasteiger partial charge is 0.467 e. The van der Waals surface area contributed by atoms with Crippen molar-refractivity contribution in [1.29, 1.82) is 0 Å². The third-order valence-corrected chi connectivity index (χ3v) is 7.15. The minimum absolute atomic E-state index is 0.133. The lowest BCUT2D eigenvalue weighted by atomic mass is 10.1. The number of pyridine rings is 2. The van der Waals surface area contributed by atoms with Crippen LogP contribution in [0, 0.1) is 0 Å². The van der Waals surface area contributed by atoms with Gasteiger partial charge in [-0.15, -0.1) is 0 Å². The smallest absolute Gasteiger partial charge is 0.316 e. The van der Waals surface area contributed by atoms with Gasteiger partial charge in [-0.1, -0.05) is 6.07 Å². The van der Waals surface area contributed by atoms with Gasteiger partial charge in [0.05, 0.1) is 24.3 Å². The molecule has 1 amide bonds. The minimum atomic E-state index is -0.236. The summed E-state index contributed by atoms with van der Waals surface area (Å²) in [7, 11) is 1.48. The first-order chi connectivity index (χ1) is 20.1. The number of rotatable bonds is 6. The minimum Gasteiger partial charge on any atom is -0.467 e. The third-order valence-electron chi connectivity index (χ3n) is 7.15. The Hall–Kier alpha value is -5.65. The molecule has 0 spiro atoms. The van der Waals surface area contributed by atoms with Crippen LogP contribution in [0.1, 0.15) is 33.9 Å². The van der Waals surface area contributed by atoms with Crippen LogP contribution in [0.5, 0.6) is 6.01 Å². The number of carbonyl (C=O) groups excluding carboxylic acids is 1. The van der Waals surface area contributed by atoms with Crippen LogP contribution >= 0.6 is 0 Å². The Morgan fingerprint density at radius 2 is 1.93 bits per heavy atom. The first-order valence-corrected chi connectivity index (χ1v) is 13.0. The summed E-state index contributed by atoms with van der Waals surface area (Å²) in [5.74, 6) is 1.45. The molecular weight excluding hydrogens is 520 g/mol. The number of ether oxygens (including phenoxy) is 1. The number of fused-ring (bicyclic) bond motifs is 2. The number of hydrogen-bond donors (Lipinski definition) is 2. The topological polar surface area (TPSA) is 152 Å². The molecule has 0 aliphatic heterocycles. The molecule has 3 N–H and O–H groups in total. The van der Waals surface area contributed by atoms with E-state index >= 15 is 0 Å². The van der Waals surface area contributed by atoms with E-state index in [2.05, 4.69) is 31.4 Å². The number of nitrogens with one attached hydrogen (secondary N) is 1. The van der Waals surface area contributed by atoms with Gasteiger partial charge in [0.1, 0.15) is 11.3 Å². The van der Waals surface area contributed by atoms with Crippen LogP contribution in [0.4, 0.5) is 5.82 Å². The Morgan fingerprint density at radius 3 is 2.71 bits per heavy atom. The number of nitrogen functional groups attached to an aromatic ring is 1. The van der Waals surface area contributed by atoms with Crippen molar-refractivity contribution >= 4 is 22.9 Å². The number of benzene rings is 1. The van der Waals surface area contributed by atoms with Gasteiger partial charge in [-0.2, -0.15) is 5.10 Å². The number of hydrogen-bond acceptors (Lipinski definition) is 9. The van der Waals surface area contributed by atoms with E-state index in [0.29, 0.717) is 39.8 Å². The van der Waals surface area contributed by atoms with E-state index < -0.39 is 0 Å². The maximum absolute atomic E-state index is 12.9. The van der Waals surface area contributed by atoms with Crippen molar-refractivity contribution in [1.82, 2.24) is 44.6 Å². The van der Waals surface area contributed by atoms with Crippen molar-refractivity contribution < 1.29 is 9.53 Å². The van der Waals surface area contributed by atoms with E-state index in [-0.39, 0.29) is 18.0 Å². The monoisotopic (exact) mass is 544 g/mol. The maximum atomic E-state index is 12.9. The van der Waals surface area contributed by atoms with E-state index in [1.54, 1.807) is 17.1 Å². The fraction of sp³-hybridized carbons (Fsp3) is 0.138. The molecule has 0 radical (unpaired) electrons. The number of anilines is 1. The second kappa shape index (κ2) is 9.83. The molecule has 1 aromatic carbocycles. The fourth-order valence-corrected chi connectivity index (χ4v) is 5.18. The van der Waals surface area contributed by atoms with E-state index in [1.807, 2.05) is 53.2 Å². The van der Waals surface area contributed by atoms with Gasteiger partial charge >= 0.3 is 6.01 Å². The molecule has 6 aromatic rings. The van der Waals surface area contributed by atoms with E-state index in [9.17, 15) is 4.79 Å². The van der Waals surface area contributed by atoms with Crippen molar-refractivity contribution in [3.05, 3.63) is 96.2 Å². The van der Waals surface area contributed by atoms with E-state index in [4.69, 9.17) is 20.4 Å². The lowest BCUT2D eigenvalue weighted by Gasteiger charge is -2.16. The summed E-state index contributed by atoms with van der Waals surface area (Å²) in [5, 5.41) is 7.45. The zero-order chi connectivity index (χ0) is 27.9. The molecule has 202 valence electrons. The molecule has 0 fully saturated rings. The van der Waals surface area contributed by atoms with Crippen molar-refractivity contribution in [2.75, 3.05) is 12.8 Å². The van der Waals surface area contributed by atoms with Gasteiger partial charge in [-0.25, -0.2) is 29.6 Å². The highest BCUT2D eigenvalue weighted by molar-refractivity contribution is 5.94. The summed E-state index contributed by atoms with van der Waals surface area (Å²) in [6, 6.07) is 15.7. The van der Waals surface area contributed by atoms with Crippen LogP contribution in [0.15, 0.2) is 79.5 Å². The summed E-state index contributed by atoms with van der Waals surface area (Å²) >= 11 is 0. The zero-order valence-electron chi connectivity index (χ0n) is 22.0. The van der Waals surface area contributed by atoms with Crippen molar-refractivity contribution in [2.45, 2.75) is 18.9 Å². The van der Waals surface area contributed by atoms with Gasteiger partial charge in [0, 0.05) is 36.7 Å². The maximum Gasteiger partial charge on any atom is 0.316 e. The average molecular weight is 545 g/mol. The molecule has 0 saturated carbocycles. The molecule has 7 rings (SSSR count). The van der Waals surface area contributed by atoms with Crippen LogP contribution in [0.3, 0.4) is 0 Å². The number of aromatic nitrogens is 8. The Balaban J connectivity index is 1.28. The molecule has 1 aliphatic rings. The van der Waals surface area contributed by atoms with Crippen LogP contribution in [-0.2, 0) is 6.42 Å². The Bertz CT molecular complexity index is 1900.